The summed E-state index contributed by atoms with van der Waals surface area (Å²) in [5.74, 6) is 0.214. The highest BCUT2D eigenvalue weighted by molar-refractivity contribution is 5.86. The zero-order valence-corrected chi connectivity index (χ0v) is 16.6. The van der Waals surface area contributed by atoms with E-state index >= 15 is 0 Å². The minimum absolute atomic E-state index is 0. The van der Waals surface area contributed by atoms with Crippen LogP contribution in [0.4, 0.5) is 0 Å². The van der Waals surface area contributed by atoms with E-state index in [1.165, 1.54) is 0 Å². The SMILES string of the molecule is Cl.Cl.Cl.O=C(CC1CNCCO1)N1CCN(Cc2ccccn2)CC1. The summed E-state index contributed by atoms with van der Waals surface area (Å²) >= 11 is 0. The zero-order valence-electron chi connectivity index (χ0n) is 14.1. The van der Waals surface area contributed by atoms with Crippen LogP contribution in [0.2, 0.25) is 0 Å². The highest BCUT2D eigenvalue weighted by Gasteiger charge is 2.24. The van der Waals surface area contributed by atoms with Gasteiger partial charge < -0.3 is 15.0 Å². The summed E-state index contributed by atoms with van der Waals surface area (Å²) in [6.07, 6.45) is 2.35. The average molecular weight is 414 g/mol. The summed E-state index contributed by atoms with van der Waals surface area (Å²) in [4.78, 5) is 21.0. The Bertz CT molecular complexity index is 482. The first-order valence-electron chi connectivity index (χ1n) is 8.03. The largest absolute Gasteiger partial charge is 0.375 e. The Morgan fingerprint density at radius 3 is 2.56 bits per heavy atom. The lowest BCUT2D eigenvalue weighted by Gasteiger charge is -2.35. The first kappa shape index (κ1) is 24.4. The van der Waals surface area contributed by atoms with Gasteiger partial charge in [-0.15, -0.1) is 37.2 Å². The maximum Gasteiger partial charge on any atom is 0.225 e. The van der Waals surface area contributed by atoms with Gasteiger partial charge in [0, 0.05) is 52.0 Å². The summed E-state index contributed by atoms with van der Waals surface area (Å²) in [6, 6.07) is 5.99. The summed E-state index contributed by atoms with van der Waals surface area (Å²) < 4.78 is 5.61. The van der Waals surface area contributed by atoms with Crippen LogP contribution in [0.1, 0.15) is 12.1 Å². The number of rotatable bonds is 4. The molecule has 0 aromatic carbocycles. The molecule has 2 saturated heterocycles. The number of hydrogen-bond acceptors (Lipinski definition) is 5. The Hall–Kier alpha value is -0.630. The number of halogens is 3. The number of nitrogens with zero attached hydrogens (tertiary/aromatic N) is 3. The molecule has 1 aromatic heterocycles. The molecule has 0 aliphatic carbocycles. The van der Waals surface area contributed by atoms with Crippen molar-refractivity contribution in [3.63, 3.8) is 0 Å². The van der Waals surface area contributed by atoms with Crippen LogP contribution in [0.5, 0.6) is 0 Å². The van der Waals surface area contributed by atoms with Crippen molar-refractivity contribution in [2.24, 2.45) is 0 Å². The molecule has 3 rings (SSSR count). The Morgan fingerprint density at radius 2 is 1.96 bits per heavy atom. The van der Waals surface area contributed by atoms with Crippen LogP contribution in [0.25, 0.3) is 0 Å². The predicted molar refractivity (Wildman–Crippen MR) is 105 cm³/mol. The number of carbonyl (C=O) groups is 1. The number of aromatic nitrogens is 1. The van der Waals surface area contributed by atoms with E-state index in [1.54, 1.807) is 0 Å². The zero-order chi connectivity index (χ0) is 15.2. The van der Waals surface area contributed by atoms with Crippen LogP contribution in [0.15, 0.2) is 24.4 Å². The predicted octanol–water partition coefficient (Wildman–Crippen LogP) is 1.37. The van der Waals surface area contributed by atoms with E-state index in [1.807, 2.05) is 29.3 Å². The Kier molecular flexibility index (Phi) is 12.4. The summed E-state index contributed by atoms with van der Waals surface area (Å²) in [7, 11) is 0. The highest BCUT2D eigenvalue weighted by atomic mass is 35.5. The van der Waals surface area contributed by atoms with E-state index in [4.69, 9.17) is 4.74 Å². The molecule has 0 saturated carbocycles. The second kappa shape index (κ2) is 12.7. The Morgan fingerprint density at radius 1 is 1.20 bits per heavy atom. The number of amides is 1. The molecule has 0 spiro atoms. The normalized spacial score (nSPS) is 20.6. The number of carbonyl (C=O) groups excluding carboxylic acids is 1. The van der Waals surface area contributed by atoms with E-state index in [9.17, 15) is 4.79 Å². The van der Waals surface area contributed by atoms with Gasteiger partial charge in [-0.3, -0.25) is 14.7 Å². The van der Waals surface area contributed by atoms with E-state index < -0.39 is 0 Å². The maximum absolute atomic E-state index is 12.3. The van der Waals surface area contributed by atoms with Gasteiger partial charge in [0.2, 0.25) is 5.91 Å². The molecule has 1 N–H and O–H groups in total. The van der Waals surface area contributed by atoms with Crippen LogP contribution in [0.3, 0.4) is 0 Å². The van der Waals surface area contributed by atoms with Crippen molar-refractivity contribution in [1.82, 2.24) is 20.1 Å². The van der Waals surface area contributed by atoms with Gasteiger partial charge in [0.1, 0.15) is 0 Å². The van der Waals surface area contributed by atoms with Crippen LogP contribution in [-0.4, -0.2) is 72.7 Å². The highest BCUT2D eigenvalue weighted by Crippen LogP contribution is 2.10. The van der Waals surface area contributed by atoms with Crippen molar-refractivity contribution in [1.29, 1.82) is 0 Å². The molecule has 2 aliphatic rings. The van der Waals surface area contributed by atoms with Crippen LogP contribution in [-0.2, 0) is 16.1 Å². The summed E-state index contributed by atoms with van der Waals surface area (Å²) in [5, 5.41) is 3.27. The van der Waals surface area contributed by atoms with Crippen molar-refractivity contribution in [3.05, 3.63) is 30.1 Å². The molecular weight excluding hydrogens is 387 g/mol. The molecule has 2 fully saturated rings. The molecule has 0 bridgehead atoms. The summed E-state index contributed by atoms with van der Waals surface area (Å²) in [5.41, 5.74) is 1.09. The van der Waals surface area contributed by atoms with Crippen molar-refractivity contribution >= 4 is 43.1 Å². The molecule has 1 amide bonds. The second-order valence-corrected chi connectivity index (χ2v) is 5.88. The first-order chi connectivity index (χ1) is 10.8. The maximum atomic E-state index is 12.3. The fourth-order valence-corrected chi connectivity index (χ4v) is 2.95. The van der Waals surface area contributed by atoms with Crippen molar-refractivity contribution in [3.8, 4) is 0 Å². The van der Waals surface area contributed by atoms with E-state index in [0.717, 1.165) is 51.5 Å². The third-order valence-corrected chi connectivity index (χ3v) is 4.24. The number of ether oxygens (including phenoxy) is 1. The molecule has 2 aliphatic heterocycles. The minimum atomic E-state index is 0. The molecule has 25 heavy (non-hydrogen) atoms. The van der Waals surface area contributed by atoms with Crippen LogP contribution in [0, 0.1) is 0 Å². The van der Waals surface area contributed by atoms with Crippen LogP contribution >= 0.6 is 37.2 Å². The molecular formula is C16H27Cl3N4O2. The van der Waals surface area contributed by atoms with Crippen LogP contribution < -0.4 is 5.32 Å². The van der Waals surface area contributed by atoms with Crippen molar-refractivity contribution in [2.45, 2.75) is 19.1 Å². The van der Waals surface area contributed by atoms with E-state index in [2.05, 4.69) is 15.2 Å². The van der Waals surface area contributed by atoms with Crippen molar-refractivity contribution < 1.29 is 9.53 Å². The lowest BCUT2D eigenvalue weighted by Crippen LogP contribution is -2.50. The van der Waals surface area contributed by atoms with E-state index in [0.29, 0.717) is 13.0 Å². The Labute approximate surface area is 167 Å². The van der Waals surface area contributed by atoms with Gasteiger partial charge in [0.15, 0.2) is 0 Å². The monoisotopic (exact) mass is 412 g/mol. The van der Waals surface area contributed by atoms with Gasteiger partial charge in [-0.05, 0) is 12.1 Å². The molecule has 9 heteroatoms. The molecule has 0 radical (unpaired) electrons. The summed E-state index contributed by atoms with van der Waals surface area (Å²) in [6.45, 7) is 6.65. The van der Waals surface area contributed by atoms with E-state index in [-0.39, 0.29) is 49.2 Å². The lowest BCUT2D eigenvalue weighted by molar-refractivity contribution is -0.136. The van der Waals surface area contributed by atoms with Gasteiger partial charge in [-0.2, -0.15) is 0 Å². The topological polar surface area (TPSA) is 57.7 Å². The standard InChI is InChI=1S/C16H24N4O2.3ClH/c21-16(11-15-12-17-5-10-22-15)20-8-6-19(7-9-20)13-14-3-1-2-4-18-14;;;/h1-4,15,17H,5-13H2;3*1H. The van der Waals surface area contributed by atoms with Gasteiger partial charge in [-0.25, -0.2) is 0 Å². The number of pyridine rings is 1. The number of piperazine rings is 1. The fraction of sp³-hybridized carbons (Fsp3) is 0.625. The minimum Gasteiger partial charge on any atom is -0.375 e. The quantitative estimate of drug-likeness (QED) is 0.808. The van der Waals surface area contributed by atoms with Gasteiger partial charge in [0.25, 0.3) is 0 Å². The van der Waals surface area contributed by atoms with Gasteiger partial charge >= 0.3 is 0 Å². The third-order valence-electron chi connectivity index (χ3n) is 4.24. The smallest absolute Gasteiger partial charge is 0.225 e. The molecule has 1 atom stereocenters. The average Bonchev–Trinajstić information content (AvgIpc) is 2.57. The van der Waals surface area contributed by atoms with Gasteiger partial charge in [0.05, 0.1) is 24.8 Å². The number of nitrogens with one attached hydrogen (secondary N) is 1. The lowest BCUT2D eigenvalue weighted by atomic mass is 10.2. The molecule has 144 valence electrons. The first-order valence-corrected chi connectivity index (χ1v) is 8.03. The van der Waals surface area contributed by atoms with Gasteiger partial charge in [-0.1, -0.05) is 6.07 Å². The molecule has 6 nitrogen and oxygen atoms in total. The number of hydrogen-bond donors (Lipinski definition) is 1. The molecule has 1 aromatic rings. The Balaban J connectivity index is 0.00000192. The molecule has 1 unspecified atom stereocenters. The second-order valence-electron chi connectivity index (χ2n) is 5.88. The van der Waals surface area contributed by atoms with Crippen molar-refractivity contribution in [2.75, 3.05) is 45.9 Å². The fourth-order valence-electron chi connectivity index (χ4n) is 2.95. The third kappa shape index (κ3) is 7.64. The number of morpholine rings is 1. The molecule has 3 heterocycles.